The molecule has 4 rings (SSSR count). The Hall–Kier alpha value is -3.29. The fourth-order valence-corrected chi connectivity index (χ4v) is 5.33. The van der Waals surface area contributed by atoms with Crippen molar-refractivity contribution >= 4 is 36.6 Å². The molecule has 2 aromatic heterocycles. The minimum Gasteiger partial charge on any atom is -0.375 e. The predicted octanol–water partition coefficient (Wildman–Crippen LogP) is 4.26. The number of anilines is 1. The summed E-state index contributed by atoms with van der Waals surface area (Å²) in [6.45, 7) is 6.75. The van der Waals surface area contributed by atoms with Crippen molar-refractivity contribution < 1.29 is 32.2 Å². The number of nitrogens with one attached hydrogen (secondary N) is 1. The van der Waals surface area contributed by atoms with Crippen molar-refractivity contribution in [2.24, 2.45) is 0 Å². The van der Waals surface area contributed by atoms with Gasteiger partial charge >= 0.3 is 0 Å². The summed E-state index contributed by atoms with van der Waals surface area (Å²) in [6.07, 6.45) is 0.0108. The smallest absolute Gasteiger partial charge is 0.246 e. The highest BCUT2D eigenvalue weighted by molar-refractivity contribution is 6.76. The maximum absolute atomic E-state index is 14.8. The van der Waals surface area contributed by atoms with E-state index in [1.807, 2.05) is 0 Å². The zero-order chi connectivity index (χ0) is 29.0. The molecule has 0 saturated carbocycles. The SMILES string of the molecule is COCC(=O)NCC(=O)c1cnc2c(c1)c(N1C[C@@H](F)C[C@@H]1c1cc(F)ccc1F)nn2COCC[Si](C)(C)C. The average Bonchev–Trinajstić information content (AvgIpc) is 3.45. The number of halogens is 3. The van der Waals surface area contributed by atoms with Gasteiger partial charge < -0.3 is 19.7 Å². The molecular weight excluding hydrogens is 543 g/mol. The lowest BCUT2D eigenvalue weighted by Crippen LogP contribution is -2.32. The maximum atomic E-state index is 14.8. The van der Waals surface area contributed by atoms with Crippen molar-refractivity contribution in [2.75, 3.05) is 38.3 Å². The summed E-state index contributed by atoms with van der Waals surface area (Å²) in [5.74, 6) is -1.84. The second-order valence-corrected chi connectivity index (χ2v) is 16.7. The van der Waals surface area contributed by atoms with Crippen LogP contribution in [0.25, 0.3) is 11.0 Å². The number of Topliss-reactive ketones (excluding diaryl/α,β-unsaturated/α-hetero) is 1. The van der Waals surface area contributed by atoms with Crippen LogP contribution in [0.4, 0.5) is 19.0 Å². The van der Waals surface area contributed by atoms with Crippen molar-refractivity contribution in [1.82, 2.24) is 20.1 Å². The number of hydrogen-bond acceptors (Lipinski definition) is 7. The van der Waals surface area contributed by atoms with E-state index in [0.29, 0.717) is 17.6 Å². The molecule has 0 spiro atoms. The monoisotopic (exact) mass is 577 g/mol. The van der Waals surface area contributed by atoms with Crippen LogP contribution in [-0.4, -0.2) is 74.1 Å². The summed E-state index contributed by atoms with van der Waals surface area (Å²) < 4.78 is 55.8. The van der Waals surface area contributed by atoms with Gasteiger partial charge in [-0.2, -0.15) is 5.10 Å². The van der Waals surface area contributed by atoms with Crippen LogP contribution in [0, 0.1) is 11.6 Å². The van der Waals surface area contributed by atoms with Gasteiger partial charge in [-0.05, 0) is 30.3 Å². The molecule has 3 aromatic rings. The Morgan fingerprint density at radius 3 is 2.70 bits per heavy atom. The molecule has 0 bridgehead atoms. The third-order valence-corrected chi connectivity index (χ3v) is 8.36. The molecule has 1 N–H and O–H groups in total. The Morgan fingerprint density at radius 1 is 1.20 bits per heavy atom. The number of rotatable bonds is 12. The number of ether oxygens (including phenoxy) is 2. The van der Waals surface area contributed by atoms with Gasteiger partial charge in [0.1, 0.15) is 31.1 Å². The lowest BCUT2D eigenvalue weighted by molar-refractivity contribution is -0.124. The van der Waals surface area contributed by atoms with E-state index in [2.05, 4.69) is 35.0 Å². The molecule has 1 fully saturated rings. The number of carbonyl (C=O) groups excluding carboxylic acids is 2. The molecule has 9 nitrogen and oxygen atoms in total. The van der Waals surface area contributed by atoms with Gasteiger partial charge in [0.15, 0.2) is 17.2 Å². The van der Waals surface area contributed by atoms with Crippen molar-refractivity contribution in [1.29, 1.82) is 0 Å². The normalized spacial score (nSPS) is 17.5. The largest absolute Gasteiger partial charge is 0.375 e. The van der Waals surface area contributed by atoms with Crippen LogP contribution in [0.5, 0.6) is 0 Å². The lowest BCUT2D eigenvalue weighted by atomic mass is 10.0. The van der Waals surface area contributed by atoms with Gasteiger partial charge in [-0.25, -0.2) is 22.8 Å². The number of ketones is 1. The van der Waals surface area contributed by atoms with Gasteiger partial charge in [-0.1, -0.05) is 19.6 Å². The number of pyridine rings is 1. The standard InChI is InChI=1S/C27H34F3N5O4Si/c1-38-15-25(37)31-13-24(36)17-9-21-26(32-12-17)35(16-39-7-8-40(2,3)4)33-27(21)34-14-19(29)11-23(34)20-10-18(28)5-6-22(20)30/h5-6,9-10,12,19,23H,7-8,11,13-16H2,1-4H3,(H,31,37)/t19-,23+/m0/s1. The fourth-order valence-electron chi connectivity index (χ4n) is 4.57. The van der Waals surface area contributed by atoms with Crippen LogP contribution in [0.2, 0.25) is 25.7 Å². The molecule has 1 amide bonds. The Bertz CT molecular complexity index is 1380. The number of aromatic nitrogens is 3. The van der Waals surface area contributed by atoms with Gasteiger partial charge in [0.2, 0.25) is 5.91 Å². The fraction of sp³-hybridized carbons (Fsp3) is 0.481. The third-order valence-electron chi connectivity index (χ3n) is 6.66. The van der Waals surface area contributed by atoms with E-state index in [-0.39, 0.29) is 49.8 Å². The molecule has 13 heteroatoms. The number of alkyl halides is 1. The number of nitrogens with zero attached hydrogens (tertiary/aromatic N) is 4. The molecule has 1 aromatic carbocycles. The maximum Gasteiger partial charge on any atom is 0.246 e. The Kier molecular flexibility index (Phi) is 9.26. The van der Waals surface area contributed by atoms with Gasteiger partial charge in [0.25, 0.3) is 0 Å². The van der Waals surface area contributed by atoms with Gasteiger partial charge in [-0.3, -0.25) is 9.59 Å². The second kappa shape index (κ2) is 12.5. The molecule has 0 unspecified atom stereocenters. The minimum atomic E-state index is -1.33. The quantitative estimate of drug-likeness (QED) is 0.195. The van der Waals surface area contributed by atoms with Crippen molar-refractivity contribution in [3.63, 3.8) is 0 Å². The molecule has 1 saturated heterocycles. The van der Waals surface area contributed by atoms with Crippen LogP contribution < -0.4 is 10.2 Å². The van der Waals surface area contributed by atoms with Crippen molar-refractivity contribution in [3.05, 3.63) is 53.2 Å². The number of fused-ring (bicyclic) bond motifs is 1. The second-order valence-electron chi connectivity index (χ2n) is 11.1. The van der Waals surface area contributed by atoms with E-state index >= 15 is 0 Å². The topological polar surface area (TPSA) is 98.6 Å². The van der Waals surface area contributed by atoms with Crippen LogP contribution in [-0.2, 0) is 21.0 Å². The number of methoxy groups -OCH3 is 1. The number of amides is 1. The van der Waals surface area contributed by atoms with Gasteiger partial charge in [-0.15, -0.1) is 0 Å². The minimum absolute atomic E-state index is 0.0234. The van der Waals surface area contributed by atoms with E-state index in [4.69, 9.17) is 9.47 Å². The van der Waals surface area contributed by atoms with Crippen LogP contribution in [0.3, 0.4) is 0 Å². The molecule has 1 aliphatic heterocycles. The van der Waals surface area contributed by atoms with E-state index in [1.54, 1.807) is 11.0 Å². The highest BCUT2D eigenvalue weighted by Crippen LogP contribution is 2.40. The summed E-state index contributed by atoms with van der Waals surface area (Å²) in [5.41, 5.74) is 0.620. The Morgan fingerprint density at radius 2 is 1.98 bits per heavy atom. The number of hydrogen-bond donors (Lipinski definition) is 1. The van der Waals surface area contributed by atoms with Crippen LogP contribution in [0.1, 0.15) is 28.4 Å². The summed E-state index contributed by atoms with van der Waals surface area (Å²) >= 11 is 0. The summed E-state index contributed by atoms with van der Waals surface area (Å²) in [4.78, 5) is 30.6. The number of benzene rings is 1. The lowest BCUT2D eigenvalue weighted by Gasteiger charge is -2.25. The third kappa shape index (κ3) is 7.07. The highest BCUT2D eigenvalue weighted by atomic mass is 28.3. The first-order valence-corrected chi connectivity index (χ1v) is 16.8. The van der Waals surface area contributed by atoms with E-state index < -0.39 is 43.6 Å². The molecule has 1 aliphatic rings. The first kappa shape index (κ1) is 29.7. The molecular formula is C27H34F3N5O4Si. The molecule has 0 radical (unpaired) electrons. The van der Waals surface area contributed by atoms with Gasteiger partial charge in [0, 0.05) is 45.5 Å². The summed E-state index contributed by atoms with van der Waals surface area (Å²) in [6, 6.07) is 4.79. The molecule has 3 heterocycles. The van der Waals surface area contributed by atoms with Gasteiger partial charge in [0.05, 0.1) is 24.5 Å². The highest BCUT2D eigenvalue weighted by Gasteiger charge is 2.37. The first-order chi connectivity index (χ1) is 19.0. The molecule has 40 heavy (non-hydrogen) atoms. The first-order valence-electron chi connectivity index (χ1n) is 13.1. The molecule has 0 aliphatic carbocycles. The Balaban J connectivity index is 1.70. The zero-order valence-electron chi connectivity index (χ0n) is 23.0. The van der Waals surface area contributed by atoms with E-state index in [9.17, 15) is 22.8 Å². The van der Waals surface area contributed by atoms with Crippen molar-refractivity contribution in [2.45, 2.75) is 51.1 Å². The van der Waals surface area contributed by atoms with E-state index in [1.165, 1.54) is 18.0 Å². The zero-order valence-corrected chi connectivity index (χ0v) is 24.0. The van der Waals surface area contributed by atoms with Crippen LogP contribution >= 0.6 is 0 Å². The number of carbonyl (C=O) groups is 2. The summed E-state index contributed by atoms with van der Waals surface area (Å²) in [7, 11) is 0.0390. The average molecular weight is 578 g/mol. The molecule has 2 atom stereocenters. The molecule has 216 valence electrons. The summed E-state index contributed by atoms with van der Waals surface area (Å²) in [5, 5.41) is 7.56. The van der Waals surface area contributed by atoms with Crippen molar-refractivity contribution in [3.8, 4) is 0 Å². The predicted molar refractivity (Wildman–Crippen MR) is 147 cm³/mol. The van der Waals surface area contributed by atoms with E-state index in [0.717, 1.165) is 24.2 Å². The Labute approximate surface area is 231 Å². The van der Waals surface area contributed by atoms with Crippen LogP contribution in [0.15, 0.2) is 30.5 Å².